The molecule has 4 bridgehead atoms. The molecule has 6 aliphatic rings. The molecule has 6 heterocycles. The van der Waals surface area contributed by atoms with Gasteiger partial charge in [0.2, 0.25) is 0 Å². The fourth-order valence-corrected chi connectivity index (χ4v) is 17.8. The first kappa shape index (κ1) is 74.9. The Kier molecular flexibility index (Phi) is 25.8. The number of carbonyl (C=O) groups excluding carboxylic acids is 2. The molecule has 6 aromatic heterocycles. The number of carbonyl (C=O) groups is 2. The van der Waals surface area contributed by atoms with Crippen molar-refractivity contribution in [2.24, 2.45) is 23.7 Å². The fourth-order valence-electron chi connectivity index (χ4n) is 14.0. The molecule has 0 amide bonds. The van der Waals surface area contributed by atoms with Gasteiger partial charge in [0.15, 0.2) is 29.7 Å². The number of rotatable bonds is 30. The summed E-state index contributed by atoms with van der Waals surface area (Å²) < 4.78 is 30.6. The third kappa shape index (κ3) is 20.9. The second kappa shape index (κ2) is 32.8. The smallest absolute Gasteiger partial charge is 0.427 e. The topological polar surface area (TPSA) is 204 Å². The summed E-state index contributed by atoms with van der Waals surface area (Å²) in [5.74, 6) is 6.80. The average Bonchev–Trinajstić information content (AvgIpc) is 1.60. The number of pyridine rings is 2. The maximum absolute atomic E-state index is 11.3. The monoisotopic (exact) mass is 1430 g/mol. The molecule has 0 aliphatic heterocycles. The number of fused-ring (bicyclic) bond motifs is 6. The molecule has 0 radical (unpaired) electrons. The van der Waals surface area contributed by atoms with E-state index in [1.165, 1.54) is 88.3 Å². The van der Waals surface area contributed by atoms with Crippen LogP contribution >= 0.6 is 15.9 Å². The van der Waals surface area contributed by atoms with E-state index >= 15 is 0 Å². The van der Waals surface area contributed by atoms with Gasteiger partial charge in [-0.05, 0) is 139 Å². The van der Waals surface area contributed by atoms with Crippen molar-refractivity contribution < 1.29 is 38.6 Å². The number of aromatic nitrogens is 8. The van der Waals surface area contributed by atoms with Crippen LogP contribution in [0, 0.1) is 23.7 Å². The molecule has 0 spiro atoms. The van der Waals surface area contributed by atoms with Crippen LogP contribution < -0.4 is 9.80 Å². The lowest BCUT2D eigenvalue weighted by molar-refractivity contribution is 0.0939. The Hall–Kier alpha value is -4.35. The van der Waals surface area contributed by atoms with Gasteiger partial charge in [0.25, 0.3) is 0 Å². The Bertz CT molecular complexity index is 3410. The molecule has 95 heavy (non-hydrogen) atoms. The Balaban J connectivity index is 0.000000203. The Labute approximate surface area is 579 Å². The summed E-state index contributed by atoms with van der Waals surface area (Å²) in [5.41, 5.74) is 9.91. The molecule has 12 rings (SSSR count). The molecule has 2 N–H and O–H groups in total. The van der Waals surface area contributed by atoms with Crippen LogP contribution in [0.1, 0.15) is 153 Å². The van der Waals surface area contributed by atoms with Crippen LogP contribution in [0.25, 0.3) is 33.5 Å². The zero-order valence-electron chi connectivity index (χ0n) is 58.5. The highest BCUT2D eigenvalue weighted by atomic mass is 79.9. The predicted molar refractivity (Wildman–Crippen MR) is 399 cm³/mol. The van der Waals surface area contributed by atoms with E-state index in [0.29, 0.717) is 56.1 Å². The van der Waals surface area contributed by atoms with Crippen molar-refractivity contribution in [2.45, 2.75) is 224 Å². The SMILES string of the molecule is C.C[Si](C)(C)CCOCN(COCC[Si](C)(C)C)c1c(Br)c(C2C[C@H]3CC[C@@H](C2)C3)nc2c(-c3ccc(C=O)nc3)cnn12.C[Si](C)(C)CCOCN(COCC[Si](C)(C)C)c1c(C2CC2)c(C2C[C@H]3CC[C@@H](C2)C3)nc2c(-c3ccc(C=O)nc3)cnn12.OB(O)C1CC1. The van der Waals surface area contributed by atoms with E-state index < -0.39 is 39.4 Å². The van der Waals surface area contributed by atoms with E-state index in [1.54, 1.807) is 24.5 Å². The highest BCUT2D eigenvalue weighted by molar-refractivity contribution is 9.10. The number of aldehydes is 2. The minimum atomic E-state index is -1.23. The molecule has 6 aliphatic carbocycles. The molecule has 520 valence electrons. The lowest BCUT2D eigenvalue weighted by Crippen LogP contribution is -2.34. The van der Waals surface area contributed by atoms with Gasteiger partial charge in [0, 0.05) is 111 Å². The second-order valence-electron chi connectivity index (χ2n) is 33.1. The van der Waals surface area contributed by atoms with Crippen molar-refractivity contribution in [2.75, 3.05) is 63.2 Å². The van der Waals surface area contributed by atoms with E-state index in [2.05, 4.69) is 119 Å². The van der Waals surface area contributed by atoms with Gasteiger partial charge < -0.3 is 38.8 Å². The van der Waals surface area contributed by atoms with Crippen molar-refractivity contribution >= 4 is 90.8 Å². The molecule has 18 nitrogen and oxygen atoms in total. The van der Waals surface area contributed by atoms with Crippen LogP contribution in [0.5, 0.6) is 0 Å². The number of ether oxygens (including phenoxy) is 4. The lowest BCUT2D eigenvalue weighted by atomic mass is 9.78. The van der Waals surface area contributed by atoms with Crippen LogP contribution in [0.4, 0.5) is 11.6 Å². The zero-order chi connectivity index (χ0) is 67.1. The average molecular weight is 1440 g/mol. The Morgan fingerprint density at radius 3 is 1.20 bits per heavy atom. The number of hydrogen-bond donors (Lipinski definition) is 2. The van der Waals surface area contributed by atoms with Crippen LogP contribution in [0.2, 0.25) is 109 Å². The van der Waals surface area contributed by atoms with Crippen LogP contribution in [0.3, 0.4) is 0 Å². The lowest BCUT2D eigenvalue weighted by Gasteiger charge is -2.33. The van der Waals surface area contributed by atoms with Crippen molar-refractivity contribution in [3.8, 4) is 22.3 Å². The summed E-state index contributed by atoms with van der Waals surface area (Å²) in [6.07, 6.45) is 26.2. The van der Waals surface area contributed by atoms with Gasteiger partial charge in [-0.15, -0.1) is 0 Å². The van der Waals surface area contributed by atoms with Crippen molar-refractivity contribution in [1.82, 2.24) is 39.2 Å². The van der Waals surface area contributed by atoms with Gasteiger partial charge >= 0.3 is 7.12 Å². The maximum atomic E-state index is 11.3. The second-order valence-corrected chi connectivity index (χ2v) is 56.3. The van der Waals surface area contributed by atoms with Gasteiger partial charge in [0.05, 0.1) is 28.3 Å². The van der Waals surface area contributed by atoms with Gasteiger partial charge in [-0.1, -0.05) is 137 Å². The number of nitrogens with zero attached hydrogens (tertiary/aromatic N) is 10. The highest BCUT2D eigenvalue weighted by Gasteiger charge is 2.42. The quantitative estimate of drug-likeness (QED) is 0.0186. The first-order chi connectivity index (χ1) is 44.7. The van der Waals surface area contributed by atoms with E-state index in [1.807, 2.05) is 29.0 Å². The minimum Gasteiger partial charge on any atom is -0.427 e. The molecular weight excluding hydrogens is 1320 g/mol. The molecule has 2 unspecified atom stereocenters. The first-order valence-corrected chi connectivity index (χ1v) is 50.8. The third-order valence-electron chi connectivity index (χ3n) is 19.9. The molecule has 0 aromatic carbocycles. The minimum absolute atomic E-state index is 0. The molecular formula is C71H112BBrN10O8Si4. The Morgan fingerprint density at radius 1 is 0.505 bits per heavy atom. The largest absolute Gasteiger partial charge is 0.454 e. The normalized spacial score (nSPS) is 21.0. The van der Waals surface area contributed by atoms with Gasteiger partial charge in [0.1, 0.15) is 44.1 Å². The highest BCUT2D eigenvalue weighted by Crippen LogP contribution is 2.54. The zero-order valence-corrected chi connectivity index (χ0v) is 64.1. The van der Waals surface area contributed by atoms with Crippen LogP contribution in [-0.2, 0) is 18.9 Å². The van der Waals surface area contributed by atoms with Crippen molar-refractivity contribution in [1.29, 1.82) is 0 Å². The molecule has 0 saturated heterocycles. The number of halogens is 1. The van der Waals surface area contributed by atoms with Gasteiger partial charge in [-0.25, -0.2) is 9.97 Å². The van der Waals surface area contributed by atoms with Crippen LogP contribution in [0.15, 0.2) is 53.5 Å². The summed E-state index contributed by atoms with van der Waals surface area (Å²) >= 11 is 4.05. The van der Waals surface area contributed by atoms with Crippen molar-refractivity contribution in [3.05, 3.63) is 81.9 Å². The Morgan fingerprint density at radius 2 is 0.874 bits per heavy atom. The van der Waals surface area contributed by atoms with Crippen LogP contribution in [-0.4, -0.2) is 155 Å². The fraction of sp³-hybridized carbons (Fsp3) is 0.662. The summed E-state index contributed by atoms with van der Waals surface area (Å²) in [5, 5.41) is 26.4. The van der Waals surface area contributed by atoms with E-state index in [9.17, 15) is 9.59 Å². The summed E-state index contributed by atoms with van der Waals surface area (Å²) in [6.45, 7) is 33.4. The number of anilines is 2. The standard InChI is InChI=1S/C35H53N5O3Si2.C32H48BrN5O3Si2.C3H7BO2.CH4/c1-44(2,3)15-13-42-23-39(24-43-14-16-45(4,5)6)35-32(27-9-10-27)33(29-18-25-7-8-26(17-25)19-29)38-34-31(21-37-40(34)35)28-11-12-30(22-41)36-20-28;1-42(2,3)13-11-40-21-37(22-41-12-14-43(4,5)6)32-29(33)30(26-16-23-7-8-24(15-23)17-26)36-31-28(19-35-38(31)32)25-9-10-27(20-39)34-18-25;5-4(6)3-1-2-3;/h11-12,20-22,25-27,29H,7-10,13-19,23-24H2,1-6H3;9-10,18-20,23-24,26H,7-8,11-17,21-22H2,1-6H3;3,5-6H,1-2H2;1H4/t25-,26+,29?;23-,24+,26?;;. The summed E-state index contributed by atoms with van der Waals surface area (Å²) in [4.78, 5) is 46.7. The first-order valence-electron chi connectivity index (χ1n) is 35.2. The van der Waals surface area contributed by atoms with Crippen molar-refractivity contribution in [3.63, 3.8) is 0 Å². The molecule has 6 aromatic rings. The predicted octanol–water partition coefficient (Wildman–Crippen LogP) is 16.6. The van der Waals surface area contributed by atoms with E-state index in [0.717, 1.165) is 155 Å². The van der Waals surface area contributed by atoms with E-state index in [4.69, 9.17) is 49.2 Å². The molecule has 24 heteroatoms. The van der Waals surface area contributed by atoms with E-state index in [-0.39, 0.29) is 13.2 Å². The third-order valence-corrected chi connectivity index (χ3v) is 27.4. The molecule has 6 fully saturated rings. The molecule has 6 atom stereocenters. The van der Waals surface area contributed by atoms with Gasteiger partial charge in [-0.3, -0.25) is 19.6 Å². The number of hydrogen-bond acceptors (Lipinski definition) is 16. The van der Waals surface area contributed by atoms with Gasteiger partial charge in [-0.2, -0.15) is 19.2 Å². The maximum Gasteiger partial charge on any atom is 0.454 e. The molecule has 6 saturated carbocycles. The summed E-state index contributed by atoms with van der Waals surface area (Å²) in [6, 6.07) is 11.9. The summed E-state index contributed by atoms with van der Waals surface area (Å²) in [7, 11) is -5.95.